The molecule has 2 heterocycles. The molecule has 0 spiro atoms. The second-order valence-corrected chi connectivity index (χ2v) is 3.47. The number of fused-ring (bicyclic) bond motifs is 1. The number of carbonyl (C=O) groups excluding carboxylic acids is 1. The van der Waals surface area contributed by atoms with Crippen molar-refractivity contribution in [2.24, 2.45) is 5.10 Å². The smallest absolute Gasteiger partial charge is 0.252 e. The molecule has 0 amide bonds. The molecular weight excluding hydrogens is 180 g/mol. The molecule has 2 aliphatic heterocycles. The Morgan fingerprint density at radius 1 is 1.43 bits per heavy atom. The zero-order valence-electron chi connectivity index (χ0n) is 8.43. The van der Waals surface area contributed by atoms with Crippen molar-refractivity contribution in [3.63, 3.8) is 0 Å². The SMILES string of the molecule is CC(=O)C1=C(C)[NH+]2N=C(C)C=C2NN1. The van der Waals surface area contributed by atoms with Crippen LogP contribution in [0, 0.1) is 0 Å². The molecule has 3 N–H and O–H groups in total. The predicted octanol–water partition coefficient (Wildman–Crippen LogP) is -0.969. The fourth-order valence-electron chi connectivity index (χ4n) is 1.62. The molecule has 2 aliphatic rings. The number of nitrogens with one attached hydrogen (secondary N) is 3. The number of Topliss-reactive ketones (excluding diaryl/α,β-unsaturated/α-hetero) is 1. The highest BCUT2D eigenvalue weighted by Crippen LogP contribution is 2.03. The average Bonchev–Trinajstić information content (AvgIpc) is 2.46. The summed E-state index contributed by atoms with van der Waals surface area (Å²) in [5.41, 5.74) is 8.28. The number of nitrogens with zero attached hydrogens (tertiary/aromatic N) is 1. The predicted molar refractivity (Wildman–Crippen MR) is 51.8 cm³/mol. The molecule has 0 aromatic carbocycles. The number of hydrogen-bond acceptors (Lipinski definition) is 4. The highest BCUT2D eigenvalue weighted by atomic mass is 16.1. The van der Waals surface area contributed by atoms with Crippen LogP contribution in [0.25, 0.3) is 0 Å². The number of ketones is 1. The molecule has 2 rings (SSSR count). The largest absolute Gasteiger partial charge is 0.293 e. The van der Waals surface area contributed by atoms with Gasteiger partial charge in [0.05, 0.1) is 0 Å². The zero-order chi connectivity index (χ0) is 10.3. The first kappa shape index (κ1) is 8.96. The van der Waals surface area contributed by atoms with Gasteiger partial charge < -0.3 is 0 Å². The van der Waals surface area contributed by atoms with Crippen LogP contribution in [0.5, 0.6) is 0 Å². The van der Waals surface area contributed by atoms with Gasteiger partial charge in [0, 0.05) is 19.9 Å². The molecule has 0 aliphatic carbocycles. The zero-order valence-corrected chi connectivity index (χ0v) is 8.43. The second-order valence-electron chi connectivity index (χ2n) is 3.47. The van der Waals surface area contributed by atoms with Crippen molar-refractivity contribution in [2.75, 3.05) is 0 Å². The van der Waals surface area contributed by atoms with Crippen LogP contribution in [-0.4, -0.2) is 11.5 Å². The van der Waals surface area contributed by atoms with Gasteiger partial charge in [-0.2, -0.15) is 0 Å². The Hall–Kier alpha value is -1.62. The average molecular weight is 193 g/mol. The summed E-state index contributed by atoms with van der Waals surface area (Å²) < 4.78 is 0. The highest BCUT2D eigenvalue weighted by Gasteiger charge is 2.32. The van der Waals surface area contributed by atoms with E-state index in [1.807, 2.05) is 19.9 Å². The Labute approximate surface area is 82.1 Å². The minimum absolute atomic E-state index is 0.0151. The van der Waals surface area contributed by atoms with Gasteiger partial charge in [-0.15, -0.1) is 5.01 Å². The third-order valence-electron chi connectivity index (χ3n) is 2.30. The van der Waals surface area contributed by atoms with Crippen molar-refractivity contribution in [3.05, 3.63) is 23.3 Å². The Morgan fingerprint density at radius 2 is 2.14 bits per heavy atom. The van der Waals surface area contributed by atoms with Crippen molar-refractivity contribution in [3.8, 4) is 0 Å². The van der Waals surface area contributed by atoms with Crippen LogP contribution in [-0.2, 0) is 4.79 Å². The van der Waals surface area contributed by atoms with Crippen LogP contribution in [0.15, 0.2) is 28.4 Å². The lowest BCUT2D eigenvalue weighted by atomic mass is 10.2. The van der Waals surface area contributed by atoms with Crippen molar-refractivity contribution in [2.45, 2.75) is 20.8 Å². The van der Waals surface area contributed by atoms with Gasteiger partial charge in [0.2, 0.25) is 0 Å². The van der Waals surface area contributed by atoms with Gasteiger partial charge in [-0.1, -0.05) is 5.10 Å². The lowest BCUT2D eigenvalue weighted by molar-refractivity contribution is -0.831. The summed E-state index contributed by atoms with van der Waals surface area (Å²) in [6, 6.07) is 0. The number of hydrazine groups is 1. The molecule has 0 radical (unpaired) electrons. The molecule has 0 bridgehead atoms. The summed E-state index contributed by atoms with van der Waals surface area (Å²) in [6.45, 7) is 5.37. The minimum Gasteiger partial charge on any atom is -0.293 e. The lowest BCUT2D eigenvalue weighted by Gasteiger charge is -2.22. The monoisotopic (exact) mass is 193 g/mol. The lowest BCUT2D eigenvalue weighted by Crippen LogP contribution is -3.06. The Kier molecular flexibility index (Phi) is 1.89. The van der Waals surface area contributed by atoms with E-state index < -0.39 is 0 Å². The van der Waals surface area contributed by atoms with E-state index in [1.165, 1.54) is 6.92 Å². The number of quaternary nitrogens is 1. The van der Waals surface area contributed by atoms with Gasteiger partial charge in [-0.05, 0) is 6.92 Å². The van der Waals surface area contributed by atoms with Crippen molar-refractivity contribution < 1.29 is 9.80 Å². The molecular formula is C9H13N4O+. The van der Waals surface area contributed by atoms with E-state index >= 15 is 0 Å². The van der Waals surface area contributed by atoms with Gasteiger partial charge in [0.15, 0.2) is 17.2 Å². The maximum atomic E-state index is 11.2. The number of carbonyl (C=O) groups is 1. The van der Waals surface area contributed by atoms with Crippen molar-refractivity contribution >= 4 is 11.5 Å². The van der Waals surface area contributed by atoms with Crippen LogP contribution >= 0.6 is 0 Å². The van der Waals surface area contributed by atoms with Crippen LogP contribution in [0.4, 0.5) is 0 Å². The number of allylic oxidation sites excluding steroid dienone is 3. The van der Waals surface area contributed by atoms with E-state index in [2.05, 4.69) is 16.0 Å². The molecule has 0 aromatic rings. The molecule has 14 heavy (non-hydrogen) atoms. The normalized spacial score (nSPS) is 24.6. The van der Waals surface area contributed by atoms with Gasteiger partial charge in [-0.3, -0.25) is 15.6 Å². The van der Waals surface area contributed by atoms with E-state index in [-0.39, 0.29) is 5.78 Å². The van der Waals surface area contributed by atoms with Gasteiger partial charge in [-0.25, -0.2) is 0 Å². The Morgan fingerprint density at radius 3 is 2.79 bits per heavy atom. The Bertz CT molecular complexity index is 392. The van der Waals surface area contributed by atoms with Crippen molar-refractivity contribution in [1.82, 2.24) is 10.9 Å². The van der Waals surface area contributed by atoms with Crippen molar-refractivity contribution in [1.29, 1.82) is 0 Å². The molecule has 1 atom stereocenters. The molecule has 0 aromatic heterocycles. The minimum atomic E-state index is 0.0151. The quantitative estimate of drug-likeness (QED) is 0.502. The van der Waals surface area contributed by atoms with E-state index in [0.717, 1.165) is 22.2 Å². The first-order valence-electron chi connectivity index (χ1n) is 4.48. The Balaban J connectivity index is 2.41. The first-order valence-corrected chi connectivity index (χ1v) is 4.48. The molecule has 0 saturated heterocycles. The fraction of sp³-hybridized carbons (Fsp3) is 0.333. The van der Waals surface area contributed by atoms with E-state index in [4.69, 9.17) is 0 Å². The first-order chi connectivity index (χ1) is 6.59. The van der Waals surface area contributed by atoms with Gasteiger partial charge in [0.25, 0.3) is 5.82 Å². The molecule has 5 heteroatoms. The van der Waals surface area contributed by atoms with E-state index in [9.17, 15) is 4.79 Å². The fourth-order valence-corrected chi connectivity index (χ4v) is 1.62. The summed E-state index contributed by atoms with van der Waals surface area (Å²) in [4.78, 5) is 11.2. The molecule has 1 unspecified atom stereocenters. The van der Waals surface area contributed by atoms with E-state index in [0.29, 0.717) is 5.70 Å². The third kappa shape index (κ3) is 1.22. The highest BCUT2D eigenvalue weighted by molar-refractivity contribution is 5.95. The molecule has 0 fully saturated rings. The standard InChI is InChI=1S/C9H12N4O/c1-5-4-8-10-11-9(7(3)14)6(2)13(8)12-5/h4,10-11H,1-3H3/p+1. The third-order valence-corrected chi connectivity index (χ3v) is 2.30. The second kappa shape index (κ2) is 2.95. The summed E-state index contributed by atoms with van der Waals surface area (Å²) in [7, 11) is 0. The van der Waals surface area contributed by atoms with E-state index in [1.54, 1.807) is 0 Å². The van der Waals surface area contributed by atoms with Crippen LogP contribution in [0.1, 0.15) is 20.8 Å². The van der Waals surface area contributed by atoms with Crippen LogP contribution in [0.2, 0.25) is 0 Å². The van der Waals surface area contributed by atoms with Crippen LogP contribution in [0.3, 0.4) is 0 Å². The molecule has 74 valence electrons. The van der Waals surface area contributed by atoms with Gasteiger partial charge >= 0.3 is 0 Å². The summed E-state index contributed by atoms with van der Waals surface area (Å²) >= 11 is 0. The molecule has 5 nitrogen and oxygen atoms in total. The maximum absolute atomic E-state index is 11.2. The topological polar surface area (TPSA) is 57.9 Å². The summed E-state index contributed by atoms with van der Waals surface area (Å²) in [5, 5.41) is 5.22. The number of rotatable bonds is 1. The van der Waals surface area contributed by atoms with Crippen LogP contribution < -0.4 is 15.9 Å². The maximum Gasteiger partial charge on any atom is 0.252 e. The number of hydrogen-bond donors (Lipinski definition) is 3. The summed E-state index contributed by atoms with van der Waals surface area (Å²) in [5.74, 6) is 0.950. The summed E-state index contributed by atoms with van der Waals surface area (Å²) in [6.07, 6.45) is 1.95. The van der Waals surface area contributed by atoms with Gasteiger partial charge in [0.1, 0.15) is 5.71 Å². The molecule has 0 saturated carbocycles.